The van der Waals surface area contributed by atoms with Crippen LogP contribution in [0.3, 0.4) is 0 Å². The monoisotopic (exact) mass is 465 g/mol. The van der Waals surface area contributed by atoms with Crippen molar-refractivity contribution >= 4 is 35.3 Å². The van der Waals surface area contributed by atoms with E-state index in [-0.39, 0.29) is 48.3 Å². The maximum atomic E-state index is 13.0. The fourth-order valence-corrected chi connectivity index (χ4v) is 3.87. The predicted octanol–water partition coefficient (Wildman–Crippen LogP) is 2.35. The Hall–Kier alpha value is -2.61. The van der Waals surface area contributed by atoms with Gasteiger partial charge >= 0.3 is 5.97 Å². The van der Waals surface area contributed by atoms with Gasteiger partial charge in [-0.1, -0.05) is 37.6 Å². The number of hydrogen-bond donors (Lipinski definition) is 1. The van der Waals surface area contributed by atoms with Gasteiger partial charge in [-0.3, -0.25) is 19.2 Å². The van der Waals surface area contributed by atoms with Crippen LogP contribution in [-0.2, 0) is 19.1 Å². The minimum atomic E-state index is -0.815. The summed E-state index contributed by atoms with van der Waals surface area (Å²) < 4.78 is 5.08. The van der Waals surface area contributed by atoms with E-state index in [1.165, 1.54) is 11.9 Å². The Morgan fingerprint density at radius 3 is 2.56 bits per heavy atom. The zero-order chi connectivity index (χ0) is 23.8. The van der Waals surface area contributed by atoms with E-state index in [0.29, 0.717) is 31.0 Å². The molecule has 1 heterocycles. The Morgan fingerprint density at radius 1 is 1.25 bits per heavy atom. The molecule has 0 radical (unpaired) electrons. The molecule has 1 saturated heterocycles. The van der Waals surface area contributed by atoms with E-state index in [1.807, 2.05) is 13.8 Å². The number of esters is 1. The number of carbonyl (C=O) groups excluding carboxylic acids is 4. The van der Waals surface area contributed by atoms with Crippen LogP contribution >= 0.6 is 11.6 Å². The normalized spacial score (nSPS) is 16.9. The number of piperidine rings is 1. The molecular weight excluding hydrogens is 434 g/mol. The standard InChI is InChI=1S/C23H32ClN3O5/c1-5-32-23(31)16-9-8-12-27(13-16)19(28)14-26(4)22(30)20(15(2)3)25-21(29)17-10-6-7-11-18(17)24/h6-7,10-11,15-16,20H,5,8-9,12-14H2,1-4H3,(H,25,29). The van der Waals surface area contributed by atoms with E-state index in [9.17, 15) is 19.2 Å². The molecular formula is C23H32ClN3O5. The molecule has 2 atom stereocenters. The van der Waals surface area contributed by atoms with Crippen LogP contribution in [-0.4, -0.2) is 72.8 Å². The summed E-state index contributed by atoms with van der Waals surface area (Å²) in [5, 5.41) is 3.04. The molecule has 176 valence electrons. The number of rotatable bonds is 8. The number of ether oxygens (including phenoxy) is 1. The van der Waals surface area contributed by atoms with Crippen molar-refractivity contribution in [3.63, 3.8) is 0 Å². The molecule has 9 heteroatoms. The number of halogens is 1. The van der Waals surface area contributed by atoms with E-state index in [4.69, 9.17) is 16.3 Å². The van der Waals surface area contributed by atoms with Crippen LogP contribution in [0.2, 0.25) is 5.02 Å². The van der Waals surface area contributed by atoms with Crippen molar-refractivity contribution in [2.75, 3.05) is 33.3 Å². The average molecular weight is 466 g/mol. The Morgan fingerprint density at radius 2 is 1.94 bits per heavy atom. The SMILES string of the molecule is CCOC(=O)C1CCCN(C(=O)CN(C)C(=O)C(NC(=O)c2ccccc2Cl)C(C)C)C1. The highest BCUT2D eigenvalue weighted by atomic mass is 35.5. The van der Waals surface area contributed by atoms with Crippen molar-refractivity contribution in [2.24, 2.45) is 11.8 Å². The summed E-state index contributed by atoms with van der Waals surface area (Å²) in [7, 11) is 1.53. The summed E-state index contributed by atoms with van der Waals surface area (Å²) in [5.74, 6) is -1.89. The molecule has 1 N–H and O–H groups in total. The second kappa shape index (κ2) is 11.9. The third-order valence-electron chi connectivity index (χ3n) is 5.48. The first kappa shape index (κ1) is 25.6. The maximum Gasteiger partial charge on any atom is 0.310 e. The van der Waals surface area contributed by atoms with Gasteiger partial charge in [-0.15, -0.1) is 0 Å². The number of carbonyl (C=O) groups is 4. The summed E-state index contributed by atoms with van der Waals surface area (Å²) in [4.78, 5) is 53.4. The number of benzene rings is 1. The second-order valence-corrected chi connectivity index (χ2v) is 8.71. The van der Waals surface area contributed by atoms with Crippen molar-refractivity contribution in [3.05, 3.63) is 34.9 Å². The van der Waals surface area contributed by atoms with Crippen molar-refractivity contribution < 1.29 is 23.9 Å². The van der Waals surface area contributed by atoms with Crippen LogP contribution < -0.4 is 5.32 Å². The molecule has 3 amide bonds. The Labute approximate surface area is 194 Å². The maximum absolute atomic E-state index is 13.0. The highest BCUT2D eigenvalue weighted by Crippen LogP contribution is 2.19. The van der Waals surface area contributed by atoms with E-state index >= 15 is 0 Å². The van der Waals surface area contributed by atoms with Gasteiger partial charge in [0.05, 0.1) is 29.7 Å². The van der Waals surface area contributed by atoms with E-state index in [2.05, 4.69) is 5.32 Å². The van der Waals surface area contributed by atoms with Gasteiger partial charge in [0, 0.05) is 20.1 Å². The predicted molar refractivity (Wildman–Crippen MR) is 121 cm³/mol. The largest absolute Gasteiger partial charge is 0.466 e. The van der Waals surface area contributed by atoms with Crippen LogP contribution in [0.4, 0.5) is 0 Å². The zero-order valence-electron chi connectivity index (χ0n) is 19.1. The molecule has 8 nitrogen and oxygen atoms in total. The Bertz CT molecular complexity index is 845. The van der Waals surface area contributed by atoms with Gasteiger partial charge in [0.2, 0.25) is 11.8 Å². The van der Waals surface area contributed by atoms with E-state index < -0.39 is 11.9 Å². The van der Waals surface area contributed by atoms with E-state index in [1.54, 1.807) is 36.1 Å². The summed E-state index contributed by atoms with van der Waals surface area (Å²) >= 11 is 6.09. The van der Waals surface area contributed by atoms with Gasteiger partial charge in [0.25, 0.3) is 5.91 Å². The van der Waals surface area contributed by atoms with Crippen LogP contribution in [0, 0.1) is 11.8 Å². The molecule has 1 fully saturated rings. The first-order chi connectivity index (χ1) is 15.1. The number of likely N-dealkylation sites (N-methyl/N-ethyl adjacent to an activating group) is 1. The van der Waals surface area contributed by atoms with Gasteiger partial charge in [-0.2, -0.15) is 0 Å². The molecule has 2 rings (SSSR count). The molecule has 1 aliphatic heterocycles. The lowest BCUT2D eigenvalue weighted by Gasteiger charge is -2.33. The van der Waals surface area contributed by atoms with Crippen LogP contribution in [0.1, 0.15) is 44.0 Å². The lowest BCUT2D eigenvalue weighted by atomic mass is 9.98. The quantitative estimate of drug-likeness (QED) is 0.594. The second-order valence-electron chi connectivity index (χ2n) is 8.30. The van der Waals surface area contributed by atoms with Crippen LogP contribution in [0.15, 0.2) is 24.3 Å². The molecule has 1 aromatic carbocycles. The van der Waals surface area contributed by atoms with Gasteiger partial charge in [-0.05, 0) is 37.8 Å². The first-order valence-electron chi connectivity index (χ1n) is 10.9. The topological polar surface area (TPSA) is 96.0 Å². The fourth-order valence-electron chi connectivity index (χ4n) is 3.65. The minimum Gasteiger partial charge on any atom is -0.466 e. The van der Waals surface area contributed by atoms with Gasteiger partial charge in [-0.25, -0.2) is 0 Å². The third-order valence-corrected chi connectivity index (χ3v) is 5.81. The molecule has 0 saturated carbocycles. The minimum absolute atomic E-state index is 0.139. The molecule has 2 unspecified atom stereocenters. The fraction of sp³-hybridized carbons (Fsp3) is 0.565. The highest BCUT2D eigenvalue weighted by Gasteiger charge is 2.32. The number of hydrogen-bond acceptors (Lipinski definition) is 5. The lowest BCUT2D eigenvalue weighted by molar-refractivity contribution is -0.152. The smallest absolute Gasteiger partial charge is 0.310 e. The van der Waals surface area contributed by atoms with Crippen molar-refractivity contribution in [1.82, 2.24) is 15.1 Å². The Balaban J connectivity index is 2.00. The highest BCUT2D eigenvalue weighted by molar-refractivity contribution is 6.33. The number of nitrogens with zero attached hydrogens (tertiary/aromatic N) is 2. The Kier molecular flexibility index (Phi) is 9.50. The molecule has 0 spiro atoms. The van der Waals surface area contributed by atoms with Gasteiger partial charge in [0.15, 0.2) is 0 Å². The van der Waals surface area contributed by atoms with Gasteiger partial charge in [0.1, 0.15) is 6.04 Å². The molecule has 0 bridgehead atoms. The van der Waals surface area contributed by atoms with Crippen molar-refractivity contribution in [1.29, 1.82) is 0 Å². The lowest BCUT2D eigenvalue weighted by Crippen LogP contribution is -2.53. The van der Waals surface area contributed by atoms with Crippen LogP contribution in [0.25, 0.3) is 0 Å². The third kappa shape index (κ3) is 6.69. The summed E-state index contributed by atoms with van der Waals surface area (Å²) in [6.45, 7) is 6.38. The van der Waals surface area contributed by atoms with Crippen molar-refractivity contribution in [2.45, 2.75) is 39.7 Å². The summed E-state index contributed by atoms with van der Waals surface area (Å²) in [5.41, 5.74) is 0.282. The zero-order valence-corrected chi connectivity index (χ0v) is 19.9. The summed E-state index contributed by atoms with van der Waals surface area (Å²) in [6, 6.07) is 5.79. The summed E-state index contributed by atoms with van der Waals surface area (Å²) in [6.07, 6.45) is 1.39. The molecule has 0 aliphatic carbocycles. The average Bonchev–Trinajstić information content (AvgIpc) is 2.77. The van der Waals surface area contributed by atoms with Crippen molar-refractivity contribution in [3.8, 4) is 0 Å². The molecule has 1 aliphatic rings. The van der Waals surface area contributed by atoms with Gasteiger partial charge < -0.3 is 19.9 Å². The molecule has 0 aromatic heterocycles. The number of amides is 3. The van der Waals surface area contributed by atoms with Crippen LogP contribution in [0.5, 0.6) is 0 Å². The molecule has 1 aromatic rings. The molecule has 32 heavy (non-hydrogen) atoms. The first-order valence-corrected chi connectivity index (χ1v) is 11.3. The van der Waals surface area contributed by atoms with E-state index in [0.717, 1.165) is 0 Å². The number of nitrogens with one attached hydrogen (secondary N) is 1. The number of likely N-dealkylation sites (tertiary alicyclic amines) is 1.